The van der Waals surface area contributed by atoms with Crippen LogP contribution < -0.4 is 10.1 Å². The number of halogens is 2. The molecule has 5 rings (SSSR count). The average molecular weight is 436 g/mol. The number of hydrogen-bond donors (Lipinski definition) is 1. The van der Waals surface area contributed by atoms with Crippen LogP contribution in [0.2, 0.25) is 5.15 Å². The van der Waals surface area contributed by atoms with Crippen molar-refractivity contribution >= 4 is 45.2 Å². The van der Waals surface area contributed by atoms with Gasteiger partial charge >= 0.3 is 0 Å². The normalized spacial score (nSPS) is 11.2. The van der Waals surface area contributed by atoms with E-state index in [1.165, 1.54) is 17.1 Å². The van der Waals surface area contributed by atoms with Crippen molar-refractivity contribution in [3.63, 3.8) is 0 Å². The highest BCUT2D eigenvalue weighted by atomic mass is 35.5. The topological polar surface area (TPSA) is 90.6 Å². The fourth-order valence-corrected chi connectivity index (χ4v) is 3.44. The number of fused-ring (bicyclic) bond motifs is 2. The maximum absolute atomic E-state index is 14.4. The van der Waals surface area contributed by atoms with Crippen LogP contribution in [0.25, 0.3) is 22.1 Å². The monoisotopic (exact) mass is 435 g/mol. The van der Waals surface area contributed by atoms with Crippen LogP contribution >= 0.6 is 11.6 Å². The quantitative estimate of drug-likeness (QED) is 0.399. The molecule has 0 spiro atoms. The molecule has 0 saturated heterocycles. The third-order valence-electron chi connectivity index (χ3n) is 4.74. The van der Waals surface area contributed by atoms with Crippen molar-refractivity contribution in [3.05, 3.63) is 65.3 Å². The van der Waals surface area contributed by atoms with E-state index in [0.29, 0.717) is 44.5 Å². The summed E-state index contributed by atoms with van der Waals surface area (Å²) in [5.74, 6) is 1.02. The zero-order chi connectivity index (χ0) is 21.5. The van der Waals surface area contributed by atoms with Gasteiger partial charge in [-0.25, -0.2) is 24.0 Å². The van der Waals surface area contributed by atoms with Crippen LogP contribution in [-0.4, -0.2) is 29.9 Å². The van der Waals surface area contributed by atoms with Gasteiger partial charge < -0.3 is 10.1 Å². The molecule has 31 heavy (non-hydrogen) atoms. The molecule has 0 aliphatic carbocycles. The first-order chi connectivity index (χ1) is 15.0. The summed E-state index contributed by atoms with van der Waals surface area (Å²) >= 11 is 6.02. The molecule has 10 heteroatoms. The van der Waals surface area contributed by atoms with Crippen molar-refractivity contribution in [1.29, 1.82) is 0 Å². The molecule has 0 aliphatic rings. The highest BCUT2D eigenvalue weighted by molar-refractivity contribution is 6.29. The smallest absolute Gasteiger partial charge is 0.160 e. The third kappa shape index (κ3) is 3.59. The van der Waals surface area contributed by atoms with Crippen LogP contribution in [0.15, 0.2) is 48.8 Å². The first-order valence-electron chi connectivity index (χ1n) is 9.29. The zero-order valence-electron chi connectivity index (χ0n) is 16.5. The van der Waals surface area contributed by atoms with E-state index >= 15 is 0 Å². The minimum Gasteiger partial charge on any atom is -0.457 e. The van der Waals surface area contributed by atoms with Gasteiger partial charge in [0.25, 0.3) is 0 Å². The van der Waals surface area contributed by atoms with Crippen LogP contribution in [-0.2, 0) is 7.05 Å². The van der Waals surface area contributed by atoms with E-state index < -0.39 is 5.82 Å². The van der Waals surface area contributed by atoms with Gasteiger partial charge in [0, 0.05) is 24.9 Å². The molecule has 0 unspecified atom stereocenters. The summed E-state index contributed by atoms with van der Waals surface area (Å²) in [6.07, 6.45) is 1.46. The van der Waals surface area contributed by atoms with Gasteiger partial charge in [0.05, 0.1) is 5.52 Å². The third-order valence-corrected chi connectivity index (χ3v) is 4.95. The molecule has 0 saturated carbocycles. The number of rotatable bonds is 4. The van der Waals surface area contributed by atoms with E-state index in [9.17, 15) is 4.39 Å². The number of benzene rings is 2. The van der Waals surface area contributed by atoms with Crippen molar-refractivity contribution in [1.82, 2.24) is 29.9 Å². The molecule has 0 radical (unpaired) electrons. The van der Waals surface area contributed by atoms with Crippen LogP contribution in [0, 0.1) is 12.7 Å². The van der Waals surface area contributed by atoms with Gasteiger partial charge in [-0.05, 0) is 42.8 Å². The van der Waals surface area contributed by atoms with Crippen LogP contribution in [0.4, 0.5) is 15.9 Å². The minimum atomic E-state index is -0.447. The first-order valence-corrected chi connectivity index (χ1v) is 9.67. The Morgan fingerprint density at radius 1 is 1.06 bits per heavy atom. The van der Waals surface area contributed by atoms with Gasteiger partial charge in [0.15, 0.2) is 11.6 Å². The van der Waals surface area contributed by atoms with Crippen LogP contribution in [0.3, 0.4) is 0 Å². The molecule has 2 aromatic carbocycles. The number of anilines is 2. The number of nitrogens with one attached hydrogen (secondary N) is 1. The van der Waals surface area contributed by atoms with E-state index in [0.717, 1.165) is 11.3 Å². The number of ether oxygens (including phenoxy) is 1. The van der Waals surface area contributed by atoms with Crippen molar-refractivity contribution < 1.29 is 9.13 Å². The Labute approximate surface area is 180 Å². The van der Waals surface area contributed by atoms with Crippen molar-refractivity contribution in [2.24, 2.45) is 7.05 Å². The van der Waals surface area contributed by atoms with E-state index in [-0.39, 0.29) is 0 Å². The Kier molecular flexibility index (Phi) is 4.59. The largest absolute Gasteiger partial charge is 0.457 e. The number of pyridine rings is 1. The molecule has 3 heterocycles. The number of aryl methyl sites for hydroxylation is 2. The summed E-state index contributed by atoms with van der Waals surface area (Å²) in [7, 11) is 1.64. The summed E-state index contributed by atoms with van der Waals surface area (Å²) < 4.78 is 21.7. The lowest BCUT2D eigenvalue weighted by Crippen LogP contribution is -1.98. The molecule has 0 bridgehead atoms. The molecule has 0 aliphatic heterocycles. The summed E-state index contributed by atoms with van der Waals surface area (Å²) in [5.41, 5.74) is 3.63. The molecular weight excluding hydrogens is 421 g/mol. The summed E-state index contributed by atoms with van der Waals surface area (Å²) in [4.78, 5) is 12.8. The van der Waals surface area contributed by atoms with Crippen molar-refractivity contribution in [3.8, 4) is 11.5 Å². The average Bonchev–Trinajstić information content (AvgIpc) is 3.12. The molecule has 0 amide bonds. The summed E-state index contributed by atoms with van der Waals surface area (Å²) in [5, 5.41) is 11.4. The second-order valence-corrected chi connectivity index (χ2v) is 7.30. The van der Waals surface area contributed by atoms with Gasteiger partial charge in [-0.3, -0.25) is 0 Å². The maximum atomic E-state index is 14.4. The predicted octanol–water partition coefficient (Wildman–Crippen LogP) is 4.94. The molecule has 0 atom stereocenters. The van der Waals surface area contributed by atoms with E-state index in [1.54, 1.807) is 31.3 Å². The lowest BCUT2D eigenvalue weighted by Gasteiger charge is -2.12. The van der Waals surface area contributed by atoms with Crippen molar-refractivity contribution in [2.75, 3.05) is 5.32 Å². The zero-order valence-corrected chi connectivity index (χ0v) is 17.2. The van der Waals surface area contributed by atoms with E-state index in [4.69, 9.17) is 16.3 Å². The van der Waals surface area contributed by atoms with Gasteiger partial charge in [0.1, 0.15) is 39.5 Å². The number of hydrogen-bond acceptors (Lipinski definition) is 7. The highest BCUT2D eigenvalue weighted by Gasteiger charge is 2.13. The van der Waals surface area contributed by atoms with Crippen LogP contribution in [0.5, 0.6) is 11.5 Å². The molecule has 154 valence electrons. The summed E-state index contributed by atoms with van der Waals surface area (Å²) in [6, 6.07) is 12.0. The number of aromatic nitrogens is 6. The highest BCUT2D eigenvalue weighted by Crippen LogP contribution is 2.31. The predicted molar refractivity (Wildman–Crippen MR) is 115 cm³/mol. The molecule has 8 nitrogen and oxygen atoms in total. The van der Waals surface area contributed by atoms with E-state index in [1.807, 2.05) is 19.1 Å². The van der Waals surface area contributed by atoms with Crippen LogP contribution in [0.1, 0.15) is 5.56 Å². The SMILES string of the molecule is Cc1cc(Nc2ncnc3ccc(Cl)nc23)ccc1Oc1cc(F)c2c(c1)nnn2C. The first kappa shape index (κ1) is 19.1. The fraction of sp³-hybridized carbons (Fsp3) is 0.0952. The van der Waals surface area contributed by atoms with Gasteiger partial charge in [-0.15, -0.1) is 5.10 Å². The Morgan fingerprint density at radius 2 is 1.94 bits per heavy atom. The minimum absolute atomic E-state index is 0.328. The Bertz CT molecular complexity index is 1450. The standard InChI is InChI=1S/C21H15ClFN7O/c1-11-7-12(26-21-19-15(24-10-25-21)4-6-18(22)27-19)3-5-17(11)31-13-8-14(23)20-16(9-13)28-29-30(20)2/h3-10H,1-2H3,(H,24,25,26). The maximum Gasteiger partial charge on any atom is 0.160 e. The molecule has 3 aromatic heterocycles. The van der Waals surface area contributed by atoms with Gasteiger partial charge in [-0.1, -0.05) is 16.8 Å². The molecule has 5 aromatic rings. The molecule has 0 fully saturated rings. The fourth-order valence-electron chi connectivity index (χ4n) is 3.29. The van der Waals surface area contributed by atoms with Gasteiger partial charge in [0.2, 0.25) is 0 Å². The Morgan fingerprint density at radius 3 is 2.77 bits per heavy atom. The van der Waals surface area contributed by atoms with Crippen molar-refractivity contribution in [2.45, 2.75) is 6.92 Å². The second kappa shape index (κ2) is 7.44. The Hall–Kier alpha value is -3.85. The summed E-state index contributed by atoms with van der Waals surface area (Å²) in [6.45, 7) is 1.89. The molecule has 1 N–H and O–H groups in total. The lowest BCUT2D eigenvalue weighted by atomic mass is 10.2. The van der Waals surface area contributed by atoms with E-state index in [2.05, 4.69) is 30.6 Å². The molecular formula is C21H15ClFN7O. The second-order valence-electron chi connectivity index (χ2n) is 6.92. The lowest BCUT2D eigenvalue weighted by molar-refractivity contribution is 0.474. The number of nitrogens with zero attached hydrogens (tertiary/aromatic N) is 6. The Balaban J connectivity index is 1.43. The van der Waals surface area contributed by atoms with Gasteiger partial charge in [-0.2, -0.15) is 0 Å².